The van der Waals surface area contributed by atoms with Crippen molar-refractivity contribution in [3.63, 3.8) is 0 Å². The molecular weight excluding hydrogens is 307 g/mol. The van der Waals surface area contributed by atoms with Gasteiger partial charge in [0.1, 0.15) is 0 Å². The minimum Gasteiger partial charge on any atom is -0.481 e. The summed E-state index contributed by atoms with van der Waals surface area (Å²) in [4.78, 5) is 23.7. The number of carboxylic acid groups (broad SMARTS) is 1. The molecule has 0 bridgehead atoms. The van der Waals surface area contributed by atoms with Crippen molar-refractivity contribution in [1.29, 1.82) is 0 Å². The van der Waals surface area contributed by atoms with Crippen molar-refractivity contribution in [1.82, 2.24) is 4.90 Å². The summed E-state index contributed by atoms with van der Waals surface area (Å²) in [6, 6.07) is 4.72. The molecule has 0 fully saturated rings. The number of nitrogens with zero attached hydrogens (tertiary/aromatic N) is 1. The van der Waals surface area contributed by atoms with Gasteiger partial charge in [0, 0.05) is 18.5 Å². The van der Waals surface area contributed by atoms with Crippen molar-refractivity contribution in [2.24, 2.45) is 0 Å². The van der Waals surface area contributed by atoms with E-state index < -0.39 is 17.7 Å². The Kier molecular flexibility index (Phi) is 6.07. The number of hydrogen-bond donors (Lipinski definition) is 1. The van der Waals surface area contributed by atoms with E-state index in [-0.39, 0.29) is 24.6 Å². The maximum Gasteiger partial charge on any atom is 0.416 e. The highest BCUT2D eigenvalue weighted by Crippen LogP contribution is 2.31. The molecule has 0 spiro atoms. The molecule has 0 unspecified atom stereocenters. The molecule has 1 aromatic rings. The Bertz CT molecular complexity index is 520. The Labute approximate surface area is 123 Å². The number of thioether (sulfide) groups is 1. The van der Waals surface area contributed by atoms with E-state index in [4.69, 9.17) is 5.11 Å². The Balaban J connectivity index is 2.55. The second-order valence-electron chi connectivity index (χ2n) is 4.27. The number of carboxylic acids is 1. The Morgan fingerprint density at radius 2 is 2.00 bits per heavy atom. The lowest BCUT2D eigenvalue weighted by molar-refractivity contribution is -0.138. The number of aliphatic carboxylic acids is 1. The number of benzene rings is 1. The summed E-state index contributed by atoms with van der Waals surface area (Å²) < 4.78 is 37.6. The van der Waals surface area contributed by atoms with Crippen LogP contribution in [0, 0.1) is 0 Å². The van der Waals surface area contributed by atoms with Gasteiger partial charge in [-0.15, -0.1) is 11.8 Å². The van der Waals surface area contributed by atoms with Gasteiger partial charge in [-0.3, -0.25) is 9.59 Å². The van der Waals surface area contributed by atoms with E-state index >= 15 is 0 Å². The molecule has 1 amide bonds. The number of halogens is 3. The molecule has 8 heteroatoms. The summed E-state index contributed by atoms with van der Waals surface area (Å²) in [6.45, 7) is 0.0668. The molecule has 0 aliphatic rings. The molecule has 1 N–H and O–H groups in total. The molecule has 0 radical (unpaired) electrons. The number of carbonyl (C=O) groups excluding carboxylic acids is 1. The normalized spacial score (nSPS) is 11.2. The maximum absolute atomic E-state index is 12.5. The van der Waals surface area contributed by atoms with Crippen LogP contribution in [0.5, 0.6) is 0 Å². The summed E-state index contributed by atoms with van der Waals surface area (Å²) in [5, 5.41) is 8.51. The fourth-order valence-corrected chi connectivity index (χ4v) is 2.30. The zero-order chi connectivity index (χ0) is 16.0. The fraction of sp³-hybridized carbons (Fsp3) is 0.385. The van der Waals surface area contributed by atoms with Crippen molar-refractivity contribution in [2.45, 2.75) is 17.5 Å². The third-order valence-electron chi connectivity index (χ3n) is 2.61. The van der Waals surface area contributed by atoms with Crippen LogP contribution in [0.25, 0.3) is 0 Å². The van der Waals surface area contributed by atoms with Crippen LogP contribution < -0.4 is 0 Å². The molecule has 0 saturated heterocycles. The third kappa shape index (κ3) is 6.07. The first-order valence-electron chi connectivity index (χ1n) is 5.96. The van der Waals surface area contributed by atoms with E-state index in [1.807, 2.05) is 0 Å². The second-order valence-corrected chi connectivity index (χ2v) is 5.32. The number of alkyl halides is 3. The topological polar surface area (TPSA) is 57.6 Å². The van der Waals surface area contributed by atoms with Crippen LogP contribution in [0.4, 0.5) is 13.2 Å². The molecule has 0 atom stereocenters. The van der Waals surface area contributed by atoms with Crippen LogP contribution in [0.2, 0.25) is 0 Å². The maximum atomic E-state index is 12.5. The first-order chi connectivity index (χ1) is 9.70. The number of rotatable bonds is 6. The van der Waals surface area contributed by atoms with Gasteiger partial charge in [0.15, 0.2) is 0 Å². The molecule has 0 aliphatic heterocycles. The molecule has 0 saturated carbocycles. The summed E-state index contributed by atoms with van der Waals surface area (Å²) in [6.07, 6.45) is -4.59. The average molecular weight is 321 g/mol. The third-order valence-corrected chi connectivity index (χ3v) is 3.59. The summed E-state index contributed by atoms with van der Waals surface area (Å²) >= 11 is 0.983. The Morgan fingerprint density at radius 1 is 1.33 bits per heavy atom. The predicted octanol–water partition coefficient (Wildman–Crippen LogP) is 2.73. The molecule has 0 heterocycles. The zero-order valence-corrected chi connectivity index (χ0v) is 12.0. The minimum atomic E-state index is -4.42. The highest BCUT2D eigenvalue weighted by molar-refractivity contribution is 8.00. The molecule has 1 aromatic carbocycles. The summed E-state index contributed by atoms with van der Waals surface area (Å²) in [5.41, 5.74) is -0.765. The lowest BCUT2D eigenvalue weighted by Crippen LogP contribution is -2.30. The van der Waals surface area contributed by atoms with Gasteiger partial charge in [0.2, 0.25) is 5.91 Å². The molecule has 116 valence electrons. The van der Waals surface area contributed by atoms with Gasteiger partial charge in [-0.05, 0) is 18.2 Å². The van der Waals surface area contributed by atoms with Crippen molar-refractivity contribution in [2.75, 3.05) is 19.3 Å². The lowest BCUT2D eigenvalue weighted by atomic mass is 10.2. The van der Waals surface area contributed by atoms with Crippen LogP contribution >= 0.6 is 11.8 Å². The fourth-order valence-electron chi connectivity index (χ4n) is 1.41. The van der Waals surface area contributed by atoms with Crippen molar-refractivity contribution >= 4 is 23.6 Å². The largest absolute Gasteiger partial charge is 0.481 e. The first kappa shape index (κ1) is 17.4. The van der Waals surface area contributed by atoms with E-state index in [1.54, 1.807) is 0 Å². The first-order valence-corrected chi connectivity index (χ1v) is 6.94. The van der Waals surface area contributed by atoms with Crippen LogP contribution in [0.3, 0.4) is 0 Å². The van der Waals surface area contributed by atoms with Gasteiger partial charge >= 0.3 is 12.1 Å². The number of amides is 1. The van der Waals surface area contributed by atoms with Crippen LogP contribution in [0.1, 0.15) is 12.0 Å². The molecular formula is C13H14F3NO3S. The van der Waals surface area contributed by atoms with Crippen LogP contribution in [0.15, 0.2) is 29.2 Å². The average Bonchev–Trinajstić information content (AvgIpc) is 2.41. The van der Waals surface area contributed by atoms with Crippen molar-refractivity contribution in [3.05, 3.63) is 29.8 Å². The Hall–Kier alpha value is -1.70. The number of carbonyl (C=O) groups is 2. The SMILES string of the molecule is CN(CCC(=O)O)C(=O)CSc1cccc(C(F)(F)F)c1. The minimum absolute atomic E-state index is 0.0442. The lowest BCUT2D eigenvalue weighted by Gasteiger charge is -2.15. The van der Waals surface area contributed by atoms with Crippen molar-refractivity contribution < 1.29 is 27.9 Å². The zero-order valence-electron chi connectivity index (χ0n) is 11.2. The van der Waals surface area contributed by atoms with E-state index in [0.717, 1.165) is 23.9 Å². The summed E-state index contributed by atoms with van der Waals surface area (Å²) in [7, 11) is 1.46. The smallest absolute Gasteiger partial charge is 0.416 e. The molecule has 1 rings (SSSR count). The van der Waals surface area contributed by atoms with Gasteiger partial charge in [0.05, 0.1) is 17.7 Å². The molecule has 21 heavy (non-hydrogen) atoms. The molecule has 0 aliphatic carbocycles. The van der Waals surface area contributed by atoms with Crippen molar-refractivity contribution in [3.8, 4) is 0 Å². The van der Waals surface area contributed by atoms with Gasteiger partial charge in [-0.1, -0.05) is 6.07 Å². The van der Waals surface area contributed by atoms with Gasteiger partial charge < -0.3 is 10.0 Å². The predicted molar refractivity (Wildman–Crippen MR) is 72.1 cm³/mol. The van der Waals surface area contributed by atoms with Gasteiger partial charge in [0.25, 0.3) is 0 Å². The quantitative estimate of drug-likeness (QED) is 0.819. The van der Waals surface area contributed by atoms with Gasteiger partial charge in [-0.2, -0.15) is 13.2 Å². The van der Waals surface area contributed by atoms with E-state index in [0.29, 0.717) is 4.90 Å². The molecule has 4 nitrogen and oxygen atoms in total. The standard InChI is InChI=1S/C13H14F3NO3S/c1-17(6-5-12(19)20)11(18)8-21-10-4-2-3-9(7-10)13(14,15)16/h2-4,7H,5-6,8H2,1H3,(H,19,20). The van der Waals surface area contributed by atoms with E-state index in [9.17, 15) is 22.8 Å². The van der Waals surface area contributed by atoms with E-state index in [1.165, 1.54) is 24.1 Å². The highest BCUT2D eigenvalue weighted by Gasteiger charge is 2.30. The van der Waals surface area contributed by atoms with Crippen LogP contribution in [-0.2, 0) is 15.8 Å². The summed E-state index contributed by atoms with van der Waals surface area (Å²) in [5.74, 6) is -1.39. The number of hydrogen-bond acceptors (Lipinski definition) is 3. The monoisotopic (exact) mass is 321 g/mol. The molecule has 0 aromatic heterocycles. The van der Waals surface area contributed by atoms with Gasteiger partial charge in [-0.25, -0.2) is 0 Å². The second kappa shape index (κ2) is 7.35. The Morgan fingerprint density at radius 3 is 2.57 bits per heavy atom. The van der Waals surface area contributed by atoms with E-state index in [2.05, 4.69) is 0 Å². The van der Waals surface area contributed by atoms with Crippen LogP contribution in [-0.4, -0.2) is 41.2 Å². The highest BCUT2D eigenvalue weighted by atomic mass is 32.2.